The van der Waals surface area contributed by atoms with Crippen LogP contribution in [-0.4, -0.2) is 71.6 Å². The summed E-state index contributed by atoms with van der Waals surface area (Å²) in [5, 5.41) is 0.525. The van der Waals surface area contributed by atoms with Crippen LogP contribution in [0, 0.1) is 12.8 Å². The molecule has 0 unspecified atom stereocenters. The number of rotatable bonds is 1. The Balaban J connectivity index is 1.74. The Labute approximate surface area is 143 Å². The molecule has 0 aliphatic carbocycles. The molecule has 1 N–H and O–H groups in total. The lowest BCUT2D eigenvalue weighted by Crippen LogP contribution is -2.45. The first-order chi connectivity index (χ1) is 11.5. The van der Waals surface area contributed by atoms with Crippen LogP contribution in [0.3, 0.4) is 0 Å². The highest BCUT2D eigenvalue weighted by Gasteiger charge is 2.36. The van der Waals surface area contributed by atoms with E-state index < -0.39 is 0 Å². The first-order valence-electron chi connectivity index (χ1n) is 8.08. The number of fused-ring (bicyclic) bond motifs is 4. The van der Waals surface area contributed by atoms with Gasteiger partial charge in [0, 0.05) is 25.6 Å². The SMILES string of the molecule is Cc1c(C(=O)N2C[C@H]3COC[C@@H]2CN(C)C3)sc2nc[nH]c(=O)c12. The summed E-state index contributed by atoms with van der Waals surface area (Å²) in [6.45, 7) is 5.53. The van der Waals surface area contributed by atoms with Crippen LogP contribution in [0.2, 0.25) is 0 Å². The van der Waals surface area contributed by atoms with Gasteiger partial charge in [-0.3, -0.25) is 9.59 Å². The topological polar surface area (TPSA) is 78.5 Å². The first kappa shape index (κ1) is 15.7. The van der Waals surface area contributed by atoms with E-state index in [2.05, 4.69) is 21.9 Å². The molecule has 24 heavy (non-hydrogen) atoms. The zero-order valence-corrected chi connectivity index (χ0v) is 14.6. The van der Waals surface area contributed by atoms with Gasteiger partial charge in [0.15, 0.2) is 0 Å². The average Bonchev–Trinajstić information content (AvgIpc) is 2.67. The molecule has 2 saturated heterocycles. The maximum absolute atomic E-state index is 13.2. The summed E-state index contributed by atoms with van der Waals surface area (Å²) in [6, 6.07) is 0.0471. The van der Waals surface area contributed by atoms with Crippen molar-refractivity contribution in [3.63, 3.8) is 0 Å². The molecule has 0 saturated carbocycles. The fraction of sp³-hybridized carbons (Fsp3) is 0.562. The predicted molar refractivity (Wildman–Crippen MR) is 91.6 cm³/mol. The zero-order valence-electron chi connectivity index (χ0n) is 13.7. The van der Waals surface area contributed by atoms with Crippen molar-refractivity contribution in [1.29, 1.82) is 0 Å². The zero-order chi connectivity index (χ0) is 16.8. The fourth-order valence-corrected chi connectivity index (χ4v) is 4.85. The number of aromatic amines is 1. The van der Waals surface area contributed by atoms with Gasteiger partial charge < -0.3 is 19.5 Å². The molecular weight excluding hydrogens is 328 g/mol. The molecule has 2 aromatic heterocycles. The minimum absolute atomic E-state index is 0.00861. The Kier molecular flexibility index (Phi) is 3.90. The smallest absolute Gasteiger partial charge is 0.264 e. The van der Waals surface area contributed by atoms with Crippen molar-refractivity contribution in [2.24, 2.45) is 5.92 Å². The predicted octanol–water partition coefficient (Wildman–Crippen LogP) is 0.696. The third-order valence-corrected chi connectivity index (χ3v) is 6.03. The molecule has 7 nitrogen and oxygen atoms in total. The third-order valence-electron chi connectivity index (χ3n) is 4.84. The van der Waals surface area contributed by atoms with Crippen LogP contribution in [0.15, 0.2) is 11.1 Å². The molecule has 2 aliphatic heterocycles. The van der Waals surface area contributed by atoms with Crippen molar-refractivity contribution in [3.05, 3.63) is 27.1 Å². The summed E-state index contributed by atoms with van der Waals surface area (Å²) in [7, 11) is 2.09. The summed E-state index contributed by atoms with van der Waals surface area (Å²) in [5.74, 6) is 0.313. The molecule has 2 aromatic rings. The minimum Gasteiger partial charge on any atom is -0.379 e. The van der Waals surface area contributed by atoms with Crippen molar-refractivity contribution < 1.29 is 9.53 Å². The maximum Gasteiger partial charge on any atom is 0.264 e. The van der Waals surface area contributed by atoms with Crippen LogP contribution >= 0.6 is 11.3 Å². The van der Waals surface area contributed by atoms with Gasteiger partial charge in [-0.2, -0.15) is 0 Å². The Morgan fingerprint density at radius 1 is 1.38 bits per heavy atom. The van der Waals surface area contributed by atoms with Gasteiger partial charge >= 0.3 is 0 Å². The number of carbonyl (C=O) groups excluding carboxylic acids is 1. The van der Waals surface area contributed by atoms with E-state index in [0.29, 0.717) is 40.8 Å². The quantitative estimate of drug-likeness (QED) is 0.821. The van der Waals surface area contributed by atoms with Gasteiger partial charge in [-0.15, -0.1) is 11.3 Å². The molecule has 1 amide bonds. The lowest BCUT2D eigenvalue weighted by Gasteiger charge is -2.29. The van der Waals surface area contributed by atoms with E-state index in [4.69, 9.17) is 4.74 Å². The molecule has 4 heterocycles. The van der Waals surface area contributed by atoms with Crippen LogP contribution < -0.4 is 5.56 Å². The number of carbonyl (C=O) groups is 1. The van der Waals surface area contributed by atoms with E-state index >= 15 is 0 Å². The fourth-order valence-electron chi connectivity index (χ4n) is 3.74. The van der Waals surface area contributed by atoms with Gasteiger partial charge in [0.05, 0.1) is 35.8 Å². The molecule has 2 fully saturated rings. The second-order valence-corrected chi connectivity index (χ2v) is 7.70. The highest BCUT2D eigenvalue weighted by atomic mass is 32.1. The molecule has 0 spiro atoms. The van der Waals surface area contributed by atoms with E-state index in [-0.39, 0.29) is 17.5 Å². The highest BCUT2D eigenvalue weighted by Crippen LogP contribution is 2.30. The van der Waals surface area contributed by atoms with Crippen molar-refractivity contribution >= 4 is 27.5 Å². The number of aromatic nitrogens is 2. The lowest BCUT2D eigenvalue weighted by molar-refractivity contribution is 0.0486. The van der Waals surface area contributed by atoms with Gasteiger partial charge in [0.1, 0.15) is 4.83 Å². The van der Waals surface area contributed by atoms with E-state index in [1.54, 1.807) is 0 Å². The van der Waals surface area contributed by atoms with Crippen molar-refractivity contribution in [3.8, 4) is 0 Å². The van der Waals surface area contributed by atoms with Crippen LogP contribution in [0.4, 0.5) is 0 Å². The summed E-state index contributed by atoms with van der Waals surface area (Å²) < 4.78 is 5.75. The van der Waals surface area contributed by atoms with Crippen LogP contribution in [0.5, 0.6) is 0 Å². The Bertz CT molecular complexity index is 845. The largest absolute Gasteiger partial charge is 0.379 e. The van der Waals surface area contributed by atoms with Gasteiger partial charge in [0.2, 0.25) is 0 Å². The lowest BCUT2D eigenvalue weighted by atomic mass is 10.1. The van der Waals surface area contributed by atoms with E-state index in [9.17, 15) is 9.59 Å². The van der Waals surface area contributed by atoms with Crippen LogP contribution in [0.1, 0.15) is 15.2 Å². The number of ether oxygens (including phenoxy) is 1. The number of likely N-dealkylation sites (N-methyl/N-ethyl adjacent to an activating group) is 1. The summed E-state index contributed by atoms with van der Waals surface area (Å²) in [6.07, 6.45) is 1.39. The maximum atomic E-state index is 13.2. The van der Waals surface area contributed by atoms with Crippen LogP contribution in [0.25, 0.3) is 10.2 Å². The first-order valence-corrected chi connectivity index (χ1v) is 8.90. The second-order valence-electron chi connectivity index (χ2n) is 6.70. The van der Waals surface area contributed by atoms with Gasteiger partial charge in [0.25, 0.3) is 11.5 Å². The summed E-state index contributed by atoms with van der Waals surface area (Å²) in [5.41, 5.74) is 0.535. The number of hydrogen-bond donors (Lipinski definition) is 1. The number of nitrogens with zero attached hydrogens (tertiary/aromatic N) is 3. The standard InChI is InChI=1S/C16H20N4O3S/c1-9-12-14(21)17-8-18-15(12)24-13(9)16(22)20-4-10-3-19(2)5-11(20)7-23-6-10/h8,10-11H,3-7H2,1-2H3,(H,17,18,21)/t10-,11-/m0/s1. The Morgan fingerprint density at radius 3 is 3.00 bits per heavy atom. The Hall–Kier alpha value is -1.77. The van der Waals surface area contributed by atoms with Crippen molar-refractivity contribution in [2.75, 3.05) is 39.9 Å². The molecule has 0 aromatic carbocycles. The number of H-pyrrole nitrogens is 1. The van der Waals surface area contributed by atoms with Gasteiger partial charge in [-0.1, -0.05) is 0 Å². The number of nitrogens with one attached hydrogen (secondary N) is 1. The van der Waals surface area contributed by atoms with Crippen LogP contribution in [-0.2, 0) is 4.74 Å². The highest BCUT2D eigenvalue weighted by molar-refractivity contribution is 7.20. The molecule has 2 atom stereocenters. The van der Waals surface area contributed by atoms with E-state index in [1.165, 1.54) is 17.7 Å². The monoisotopic (exact) mass is 348 g/mol. The van der Waals surface area contributed by atoms with Crippen molar-refractivity contribution in [1.82, 2.24) is 19.8 Å². The Morgan fingerprint density at radius 2 is 2.21 bits per heavy atom. The second kappa shape index (κ2) is 5.94. The number of aryl methyl sites for hydroxylation is 1. The normalized spacial score (nSPS) is 25.0. The molecular formula is C16H20N4O3S. The van der Waals surface area contributed by atoms with E-state index in [0.717, 1.165) is 18.7 Å². The number of amides is 1. The molecule has 8 heteroatoms. The molecule has 128 valence electrons. The third kappa shape index (κ3) is 2.54. The molecule has 4 rings (SSSR count). The summed E-state index contributed by atoms with van der Waals surface area (Å²) in [4.78, 5) is 37.5. The van der Waals surface area contributed by atoms with Gasteiger partial charge in [-0.25, -0.2) is 4.98 Å². The minimum atomic E-state index is -0.189. The van der Waals surface area contributed by atoms with Crippen molar-refractivity contribution in [2.45, 2.75) is 13.0 Å². The average molecular weight is 348 g/mol. The number of hydrogen-bond acceptors (Lipinski definition) is 6. The number of thiophene rings is 1. The summed E-state index contributed by atoms with van der Waals surface area (Å²) >= 11 is 1.30. The van der Waals surface area contributed by atoms with E-state index in [1.807, 2.05) is 11.8 Å². The molecule has 2 aliphatic rings. The van der Waals surface area contributed by atoms with Gasteiger partial charge in [-0.05, 0) is 19.5 Å². The molecule has 0 radical (unpaired) electrons. The molecule has 2 bridgehead atoms.